The number of rotatable bonds is 5. The summed E-state index contributed by atoms with van der Waals surface area (Å²) in [7, 11) is 0. The molecule has 0 aliphatic rings. The summed E-state index contributed by atoms with van der Waals surface area (Å²) in [6.45, 7) is 6.56. The maximum Gasteiger partial charge on any atom is 0.0519 e. The van der Waals surface area contributed by atoms with Crippen LogP contribution >= 0.6 is 0 Å². The van der Waals surface area contributed by atoms with Crippen LogP contribution in [0.4, 0.5) is 0 Å². The minimum absolute atomic E-state index is 0.605. The molecule has 0 fully saturated rings. The third kappa shape index (κ3) is 2.87. The van der Waals surface area contributed by atoms with Gasteiger partial charge in [-0.2, -0.15) is 5.10 Å². The third-order valence-corrected chi connectivity index (χ3v) is 2.47. The summed E-state index contributed by atoms with van der Waals surface area (Å²) in [5, 5.41) is 4.36. The van der Waals surface area contributed by atoms with E-state index in [1.807, 2.05) is 6.20 Å². The Labute approximate surface area is 81.0 Å². The summed E-state index contributed by atoms with van der Waals surface area (Å²) >= 11 is 0. The monoisotopic (exact) mass is 180 g/mol. The average Bonchev–Trinajstić information content (AvgIpc) is 2.54. The van der Waals surface area contributed by atoms with E-state index in [2.05, 4.69) is 36.7 Å². The van der Waals surface area contributed by atoms with Crippen LogP contribution in [0.15, 0.2) is 12.4 Å². The van der Waals surface area contributed by atoms with E-state index >= 15 is 0 Å². The number of aromatic nitrogens is 2. The fraction of sp³-hybridized carbons (Fsp3) is 0.727. The Kier molecular flexibility index (Phi) is 4.00. The minimum atomic E-state index is 0.605. The van der Waals surface area contributed by atoms with E-state index in [0.29, 0.717) is 6.04 Å². The first-order valence-electron chi connectivity index (χ1n) is 5.28. The van der Waals surface area contributed by atoms with Crippen LogP contribution in [0.3, 0.4) is 0 Å². The van der Waals surface area contributed by atoms with Crippen LogP contribution in [0.25, 0.3) is 0 Å². The predicted octanol–water partition coefficient (Wildman–Crippen LogP) is 3.33. The quantitative estimate of drug-likeness (QED) is 0.679. The standard InChI is InChI=1S/C11H20N2/c1-4-6-7-11(5-2)13-9-10(3)8-12-13/h8-9,11H,4-7H2,1-3H3. The number of hydrogen-bond acceptors (Lipinski definition) is 1. The van der Waals surface area contributed by atoms with E-state index in [-0.39, 0.29) is 0 Å². The zero-order valence-corrected chi connectivity index (χ0v) is 8.95. The van der Waals surface area contributed by atoms with Crippen LogP contribution in [-0.4, -0.2) is 9.78 Å². The summed E-state index contributed by atoms with van der Waals surface area (Å²) in [5.41, 5.74) is 1.26. The molecule has 74 valence electrons. The Morgan fingerprint density at radius 3 is 2.69 bits per heavy atom. The maximum atomic E-state index is 4.36. The first-order valence-corrected chi connectivity index (χ1v) is 5.28. The van der Waals surface area contributed by atoms with Gasteiger partial charge in [0.1, 0.15) is 0 Å². The molecule has 2 nitrogen and oxygen atoms in total. The lowest BCUT2D eigenvalue weighted by Gasteiger charge is -2.14. The molecular weight excluding hydrogens is 160 g/mol. The van der Waals surface area contributed by atoms with Crippen LogP contribution in [0.1, 0.15) is 51.1 Å². The maximum absolute atomic E-state index is 4.36. The summed E-state index contributed by atoms with van der Waals surface area (Å²) in [4.78, 5) is 0. The normalized spacial score (nSPS) is 13.2. The predicted molar refractivity (Wildman–Crippen MR) is 55.8 cm³/mol. The van der Waals surface area contributed by atoms with Gasteiger partial charge in [0.2, 0.25) is 0 Å². The van der Waals surface area contributed by atoms with E-state index in [1.165, 1.54) is 31.2 Å². The summed E-state index contributed by atoms with van der Waals surface area (Å²) < 4.78 is 2.12. The van der Waals surface area contributed by atoms with E-state index in [4.69, 9.17) is 0 Å². The topological polar surface area (TPSA) is 17.8 Å². The van der Waals surface area contributed by atoms with Crippen molar-refractivity contribution in [2.45, 2.75) is 52.5 Å². The molecule has 1 aromatic rings. The van der Waals surface area contributed by atoms with Crippen molar-refractivity contribution in [3.05, 3.63) is 18.0 Å². The van der Waals surface area contributed by atoms with E-state index in [0.717, 1.165) is 0 Å². The second kappa shape index (κ2) is 5.05. The average molecular weight is 180 g/mol. The summed E-state index contributed by atoms with van der Waals surface area (Å²) in [6.07, 6.45) is 9.10. The van der Waals surface area contributed by atoms with Gasteiger partial charge in [0, 0.05) is 6.20 Å². The largest absolute Gasteiger partial charge is 0.269 e. The molecule has 0 saturated carbocycles. The SMILES string of the molecule is CCCCC(CC)n1cc(C)cn1. The van der Waals surface area contributed by atoms with Crippen LogP contribution < -0.4 is 0 Å². The molecule has 1 rings (SSSR count). The van der Waals surface area contributed by atoms with Crippen LogP contribution in [0, 0.1) is 6.92 Å². The highest BCUT2D eigenvalue weighted by Gasteiger charge is 2.07. The molecule has 1 heterocycles. The van der Waals surface area contributed by atoms with Gasteiger partial charge in [-0.15, -0.1) is 0 Å². The van der Waals surface area contributed by atoms with Crippen LogP contribution in [0.5, 0.6) is 0 Å². The van der Waals surface area contributed by atoms with Gasteiger partial charge in [0.15, 0.2) is 0 Å². The molecule has 0 amide bonds. The number of nitrogens with zero attached hydrogens (tertiary/aromatic N) is 2. The van der Waals surface area contributed by atoms with Gasteiger partial charge >= 0.3 is 0 Å². The molecule has 0 saturated heterocycles. The van der Waals surface area contributed by atoms with E-state index in [1.54, 1.807) is 0 Å². The van der Waals surface area contributed by atoms with E-state index in [9.17, 15) is 0 Å². The Bertz CT molecular complexity index is 240. The first kappa shape index (κ1) is 10.3. The second-order valence-corrected chi connectivity index (χ2v) is 3.70. The molecule has 0 N–H and O–H groups in total. The molecular formula is C11H20N2. The van der Waals surface area contributed by atoms with Crippen molar-refractivity contribution < 1.29 is 0 Å². The number of hydrogen-bond donors (Lipinski definition) is 0. The van der Waals surface area contributed by atoms with Gasteiger partial charge < -0.3 is 0 Å². The summed E-state index contributed by atoms with van der Waals surface area (Å²) in [5.74, 6) is 0. The van der Waals surface area contributed by atoms with Gasteiger partial charge in [-0.25, -0.2) is 0 Å². The Balaban J connectivity index is 2.56. The summed E-state index contributed by atoms with van der Waals surface area (Å²) in [6, 6.07) is 0.605. The van der Waals surface area contributed by atoms with Crippen molar-refractivity contribution in [3.63, 3.8) is 0 Å². The minimum Gasteiger partial charge on any atom is -0.269 e. The van der Waals surface area contributed by atoms with Crippen molar-refractivity contribution in [1.29, 1.82) is 0 Å². The van der Waals surface area contributed by atoms with E-state index < -0.39 is 0 Å². The zero-order valence-electron chi connectivity index (χ0n) is 8.95. The highest BCUT2D eigenvalue weighted by molar-refractivity contribution is 5.00. The van der Waals surface area contributed by atoms with Gasteiger partial charge in [-0.3, -0.25) is 4.68 Å². The van der Waals surface area contributed by atoms with Gasteiger partial charge in [0.05, 0.1) is 12.2 Å². The molecule has 0 radical (unpaired) electrons. The lowest BCUT2D eigenvalue weighted by molar-refractivity contribution is 0.400. The second-order valence-electron chi connectivity index (χ2n) is 3.70. The van der Waals surface area contributed by atoms with Gasteiger partial charge in [-0.1, -0.05) is 26.7 Å². The molecule has 0 aromatic carbocycles. The third-order valence-electron chi connectivity index (χ3n) is 2.47. The smallest absolute Gasteiger partial charge is 0.0519 e. The number of unbranched alkanes of at least 4 members (excludes halogenated alkanes) is 1. The first-order chi connectivity index (χ1) is 6.27. The number of aryl methyl sites for hydroxylation is 1. The van der Waals surface area contributed by atoms with Crippen molar-refractivity contribution >= 4 is 0 Å². The fourth-order valence-corrected chi connectivity index (χ4v) is 1.60. The van der Waals surface area contributed by atoms with Crippen LogP contribution in [-0.2, 0) is 0 Å². The molecule has 0 spiro atoms. The lowest BCUT2D eigenvalue weighted by Crippen LogP contribution is -2.08. The molecule has 1 atom stereocenters. The van der Waals surface area contributed by atoms with Crippen molar-refractivity contribution in [2.75, 3.05) is 0 Å². The molecule has 1 aromatic heterocycles. The zero-order chi connectivity index (χ0) is 9.68. The molecule has 13 heavy (non-hydrogen) atoms. The Morgan fingerprint density at radius 1 is 1.46 bits per heavy atom. The van der Waals surface area contributed by atoms with Crippen molar-refractivity contribution in [3.8, 4) is 0 Å². The molecule has 1 unspecified atom stereocenters. The molecule has 0 bridgehead atoms. The highest BCUT2D eigenvalue weighted by atomic mass is 15.3. The Hall–Kier alpha value is -0.790. The fourth-order valence-electron chi connectivity index (χ4n) is 1.60. The van der Waals surface area contributed by atoms with Gasteiger partial charge in [-0.05, 0) is 25.3 Å². The van der Waals surface area contributed by atoms with Crippen LogP contribution in [0.2, 0.25) is 0 Å². The lowest BCUT2D eigenvalue weighted by atomic mass is 10.1. The Morgan fingerprint density at radius 2 is 2.23 bits per heavy atom. The highest BCUT2D eigenvalue weighted by Crippen LogP contribution is 2.18. The van der Waals surface area contributed by atoms with Gasteiger partial charge in [0.25, 0.3) is 0 Å². The molecule has 0 aliphatic heterocycles. The van der Waals surface area contributed by atoms with Crippen molar-refractivity contribution in [1.82, 2.24) is 9.78 Å². The van der Waals surface area contributed by atoms with Crippen molar-refractivity contribution in [2.24, 2.45) is 0 Å². The molecule has 2 heteroatoms. The molecule has 0 aliphatic carbocycles.